The van der Waals surface area contributed by atoms with E-state index in [2.05, 4.69) is 15.5 Å². The molecule has 1 N–H and O–H groups in total. The molecule has 0 bridgehead atoms. The van der Waals surface area contributed by atoms with Gasteiger partial charge in [-0.25, -0.2) is 0 Å². The number of rotatable bonds is 4. The zero-order chi connectivity index (χ0) is 18.2. The van der Waals surface area contributed by atoms with Crippen LogP contribution >= 0.6 is 11.3 Å². The van der Waals surface area contributed by atoms with Crippen LogP contribution in [0.25, 0.3) is 10.6 Å². The Morgan fingerprint density at radius 3 is 2.78 bits per heavy atom. The van der Waals surface area contributed by atoms with Gasteiger partial charge in [0.25, 0.3) is 5.91 Å². The fraction of sp³-hybridized carbons (Fsp3) is 0.250. The lowest BCUT2D eigenvalue weighted by Gasteiger charge is -2.13. The minimum absolute atomic E-state index is 0.0363. The number of hydrogen-bond acceptors (Lipinski definition) is 4. The van der Waals surface area contributed by atoms with E-state index in [4.69, 9.17) is 0 Å². The van der Waals surface area contributed by atoms with Crippen LogP contribution in [0.3, 0.4) is 0 Å². The van der Waals surface area contributed by atoms with Crippen LogP contribution in [0.2, 0.25) is 0 Å². The van der Waals surface area contributed by atoms with Gasteiger partial charge in [-0.05, 0) is 55.5 Å². The first-order valence-corrected chi connectivity index (χ1v) is 9.97. The second-order valence-corrected chi connectivity index (χ2v) is 7.79. The summed E-state index contributed by atoms with van der Waals surface area (Å²) in [6, 6.07) is 9.73. The molecule has 0 aliphatic heterocycles. The average molecular weight is 377 g/mol. The fourth-order valence-electron chi connectivity index (χ4n) is 3.70. The molecule has 0 unspecified atom stereocenters. The van der Waals surface area contributed by atoms with Crippen molar-refractivity contribution in [3.05, 3.63) is 70.8 Å². The van der Waals surface area contributed by atoms with Crippen molar-refractivity contribution < 1.29 is 4.79 Å². The molecule has 0 saturated carbocycles. The predicted octanol–water partition coefficient (Wildman–Crippen LogP) is 3.39. The third-order valence-electron chi connectivity index (χ3n) is 5.01. The van der Waals surface area contributed by atoms with Crippen molar-refractivity contribution in [2.45, 2.75) is 32.2 Å². The van der Waals surface area contributed by atoms with E-state index in [1.165, 1.54) is 16.9 Å². The molecule has 1 aliphatic rings. The van der Waals surface area contributed by atoms with Crippen molar-refractivity contribution in [2.75, 3.05) is 0 Å². The monoisotopic (exact) mass is 377 g/mol. The lowest BCUT2D eigenvalue weighted by molar-refractivity contribution is 0.0949. The van der Waals surface area contributed by atoms with E-state index in [0.717, 1.165) is 41.3 Å². The Morgan fingerprint density at radius 1 is 1.07 bits per heavy atom. The number of nitrogens with one attached hydrogen (secondary N) is 1. The smallest absolute Gasteiger partial charge is 0.254 e. The third-order valence-corrected chi connectivity index (χ3v) is 6.32. The largest absolute Gasteiger partial charge is 0.345 e. The summed E-state index contributed by atoms with van der Waals surface area (Å²) >= 11 is 1.74. The van der Waals surface area contributed by atoms with Gasteiger partial charge in [-0.2, -0.15) is 0 Å². The van der Waals surface area contributed by atoms with Crippen molar-refractivity contribution in [3.63, 3.8) is 0 Å². The van der Waals surface area contributed by atoms with Crippen molar-refractivity contribution in [3.8, 4) is 5.00 Å². The van der Waals surface area contributed by atoms with E-state index in [1.54, 1.807) is 11.3 Å². The van der Waals surface area contributed by atoms with E-state index in [9.17, 15) is 4.79 Å². The Labute approximate surface area is 160 Å². The molecular weight excluding hydrogens is 358 g/mol. The van der Waals surface area contributed by atoms with E-state index in [-0.39, 0.29) is 5.91 Å². The van der Waals surface area contributed by atoms with Crippen molar-refractivity contribution in [1.29, 1.82) is 0 Å². The Hall–Kier alpha value is -2.93. The average Bonchev–Trinajstić information content (AvgIpc) is 3.43. The molecule has 5 rings (SSSR count). The summed E-state index contributed by atoms with van der Waals surface area (Å²) in [4.78, 5) is 14.5. The molecule has 4 aromatic rings. The molecule has 136 valence electrons. The van der Waals surface area contributed by atoms with Gasteiger partial charge in [-0.1, -0.05) is 6.07 Å². The highest BCUT2D eigenvalue weighted by Crippen LogP contribution is 2.36. The van der Waals surface area contributed by atoms with Crippen LogP contribution < -0.4 is 5.32 Å². The lowest BCUT2D eigenvalue weighted by atomic mass is 9.95. The van der Waals surface area contributed by atoms with Gasteiger partial charge in [0.05, 0.1) is 12.1 Å². The maximum Gasteiger partial charge on any atom is 0.254 e. The van der Waals surface area contributed by atoms with Crippen molar-refractivity contribution in [1.82, 2.24) is 24.5 Å². The molecule has 4 heterocycles. The number of fused-ring (bicyclic) bond motifs is 2. The maximum atomic E-state index is 13.1. The summed E-state index contributed by atoms with van der Waals surface area (Å²) in [5.41, 5.74) is 2.82. The molecule has 0 radical (unpaired) electrons. The number of amides is 1. The summed E-state index contributed by atoms with van der Waals surface area (Å²) in [6.45, 7) is 0.347. The molecule has 0 fully saturated rings. The van der Waals surface area contributed by atoms with Crippen LogP contribution in [-0.4, -0.2) is 25.1 Å². The predicted molar refractivity (Wildman–Crippen MR) is 104 cm³/mol. The normalized spacial score (nSPS) is 13.6. The molecule has 1 amide bonds. The SMILES string of the molecule is O=C(NCc1nnc2ccccn12)c1c(-n2cccc2)sc2c1CCCC2. The maximum absolute atomic E-state index is 13.1. The first-order valence-electron chi connectivity index (χ1n) is 9.16. The zero-order valence-corrected chi connectivity index (χ0v) is 15.6. The Morgan fingerprint density at radius 2 is 1.89 bits per heavy atom. The number of nitrogens with zero attached hydrogens (tertiary/aromatic N) is 4. The van der Waals surface area contributed by atoms with Crippen LogP contribution in [0.1, 0.15) is 39.5 Å². The molecule has 7 heteroatoms. The van der Waals surface area contributed by atoms with E-state index >= 15 is 0 Å². The van der Waals surface area contributed by atoms with Gasteiger partial charge in [-0.3, -0.25) is 9.20 Å². The Kier molecular flexibility index (Phi) is 4.01. The minimum atomic E-state index is -0.0363. The van der Waals surface area contributed by atoms with Crippen LogP contribution in [0.5, 0.6) is 0 Å². The van der Waals surface area contributed by atoms with E-state index < -0.39 is 0 Å². The van der Waals surface area contributed by atoms with Gasteiger partial charge in [-0.15, -0.1) is 21.5 Å². The number of thiophene rings is 1. The summed E-state index contributed by atoms with van der Waals surface area (Å²) in [7, 11) is 0. The number of carbonyl (C=O) groups excluding carboxylic acids is 1. The number of pyridine rings is 1. The summed E-state index contributed by atoms with van der Waals surface area (Å²) in [6.07, 6.45) is 10.3. The van der Waals surface area contributed by atoms with Crippen LogP contribution in [-0.2, 0) is 19.4 Å². The van der Waals surface area contributed by atoms with Crippen LogP contribution in [0, 0.1) is 0 Å². The van der Waals surface area contributed by atoms with Gasteiger partial charge in [0.15, 0.2) is 11.5 Å². The zero-order valence-electron chi connectivity index (χ0n) is 14.8. The second kappa shape index (κ2) is 6.66. The van der Waals surface area contributed by atoms with Gasteiger partial charge in [0.1, 0.15) is 5.00 Å². The minimum Gasteiger partial charge on any atom is -0.345 e. The first-order chi connectivity index (χ1) is 13.3. The fourth-order valence-corrected chi connectivity index (χ4v) is 5.05. The summed E-state index contributed by atoms with van der Waals surface area (Å²) < 4.78 is 3.95. The molecule has 0 saturated heterocycles. The van der Waals surface area contributed by atoms with Gasteiger partial charge < -0.3 is 9.88 Å². The topological polar surface area (TPSA) is 64.2 Å². The Balaban J connectivity index is 1.47. The van der Waals surface area contributed by atoms with E-state index in [0.29, 0.717) is 6.54 Å². The molecule has 0 spiro atoms. The van der Waals surface area contributed by atoms with Crippen molar-refractivity contribution in [2.24, 2.45) is 0 Å². The van der Waals surface area contributed by atoms with Crippen LogP contribution in [0.15, 0.2) is 48.9 Å². The van der Waals surface area contributed by atoms with Crippen LogP contribution in [0.4, 0.5) is 0 Å². The standard InChI is InChI=1S/C20H19N5OS/c26-19(21-13-17-23-22-16-9-3-4-12-25(16)17)18-14-7-1-2-8-15(14)27-20(18)24-10-5-6-11-24/h3-6,9-12H,1-2,7-8,13H2,(H,21,26). The molecular formula is C20H19N5OS. The second-order valence-electron chi connectivity index (χ2n) is 6.71. The molecule has 4 aromatic heterocycles. The molecule has 0 atom stereocenters. The highest BCUT2D eigenvalue weighted by atomic mass is 32.1. The highest BCUT2D eigenvalue weighted by molar-refractivity contribution is 7.15. The third kappa shape index (κ3) is 2.84. The van der Waals surface area contributed by atoms with Crippen molar-refractivity contribution >= 4 is 22.9 Å². The quantitative estimate of drug-likeness (QED) is 0.593. The van der Waals surface area contributed by atoms with Gasteiger partial charge in [0.2, 0.25) is 0 Å². The molecule has 0 aromatic carbocycles. The number of hydrogen-bond donors (Lipinski definition) is 1. The molecule has 1 aliphatic carbocycles. The summed E-state index contributed by atoms with van der Waals surface area (Å²) in [5, 5.41) is 12.4. The summed E-state index contributed by atoms with van der Waals surface area (Å²) in [5.74, 6) is 0.691. The number of aryl methyl sites for hydroxylation is 1. The number of aromatic nitrogens is 4. The van der Waals surface area contributed by atoms with E-state index in [1.807, 2.05) is 57.9 Å². The number of carbonyl (C=O) groups is 1. The molecule has 6 nitrogen and oxygen atoms in total. The van der Waals surface area contributed by atoms with Gasteiger partial charge >= 0.3 is 0 Å². The lowest BCUT2D eigenvalue weighted by Crippen LogP contribution is -2.26. The first kappa shape index (κ1) is 16.3. The van der Waals surface area contributed by atoms with Gasteiger partial charge in [0, 0.05) is 23.5 Å². The molecule has 27 heavy (non-hydrogen) atoms. The highest BCUT2D eigenvalue weighted by Gasteiger charge is 2.26. The Bertz CT molecular complexity index is 1110.